The minimum Gasteiger partial charge on any atom is -0.483 e. The summed E-state index contributed by atoms with van der Waals surface area (Å²) in [4.78, 5) is 9.74. The fourth-order valence-electron chi connectivity index (χ4n) is 5.67. The van der Waals surface area contributed by atoms with E-state index in [2.05, 4.69) is 52.5 Å². The maximum absolute atomic E-state index is 6.56. The molecule has 1 aromatic heterocycles. The summed E-state index contributed by atoms with van der Waals surface area (Å²) in [6, 6.07) is 7.45. The van der Waals surface area contributed by atoms with Crippen LogP contribution >= 0.6 is 0 Å². The van der Waals surface area contributed by atoms with Gasteiger partial charge >= 0.3 is 0 Å². The van der Waals surface area contributed by atoms with Crippen molar-refractivity contribution >= 4 is 17.2 Å². The average Bonchev–Trinajstić information content (AvgIpc) is 3.24. The zero-order chi connectivity index (χ0) is 21.7. The van der Waals surface area contributed by atoms with Gasteiger partial charge in [-0.25, -0.2) is 4.98 Å². The van der Waals surface area contributed by atoms with E-state index < -0.39 is 0 Å². The van der Waals surface area contributed by atoms with Gasteiger partial charge in [0, 0.05) is 56.6 Å². The lowest BCUT2D eigenvalue weighted by Gasteiger charge is -2.43. The van der Waals surface area contributed by atoms with E-state index in [-0.39, 0.29) is 6.10 Å². The van der Waals surface area contributed by atoms with Gasteiger partial charge in [-0.15, -0.1) is 0 Å². The Kier molecular flexibility index (Phi) is 5.20. The van der Waals surface area contributed by atoms with Crippen LogP contribution in [0.2, 0.25) is 0 Å². The SMILES string of the molecule is Cc1cc(C2CN(C3CCNC3)C2)cc2c1O[C@@H](C)c1c(N3CCOCC3)ccnc1N2. The number of aromatic nitrogens is 1. The summed E-state index contributed by atoms with van der Waals surface area (Å²) in [5.74, 6) is 2.45. The van der Waals surface area contributed by atoms with Crippen molar-refractivity contribution in [3.05, 3.63) is 41.1 Å². The molecule has 6 rings (SSSR count). The van der Waals surface area contributed by atoms with Crippen molar-refractivity contribution < 1.29 is 9.47 Å². The summed E-state index contributed by atoms with van der Waals surface area (Å²) in [5.41, 5.74) is 5.97. The molecule has 7 heteroatoms. The lowest BCUT2D eigenvalue weighted by molar-refractivity contribution is 0.101. The fourth-order valence-corrected chi connectivity index (χ4v) is 5.67. The summed E-state index contributed by atoms with van der Waals surface area (Å²) in [5, 5.41) is 7.14. The second kappa shape index (κ2) is 8.21. The van der Waals surface area contributed by atoms with Gasteiger partial charge in [0.2, 0.25) is 0 Å². The highest BCUT2D eigenvalue weighted by molar-refractivity contribution is 5.75. The van der Waals surface area contributed by atoms with Crippen LogP contribution in [0.1, 0.15) is 42.1 Å². The molecule has 2 atom stereocenters. The van der Waals surface area contributed by atoms with Crippen molar-refractivity contribution in [3.63, 3.8) is 0 Å². The zero-order valence-electron chi connectivity index (χ0n) is 19.1. The van der Waals surface area contributed by atoms with Gasteiger partial charge in [-0.2, -0.15) is 0 Å². The molecule has 5 heterocycles. The van der Waals surface area contributed by atoms with E-state index in [1.54, 1.807) is 0 Å². The fraction of sp³-hybridized carbons (Fsp3) is 0.560. The molecule has 0 saturated carbocycles. The highest BCUT2D eigenvalue weighted by atomic mass is 16.5. The molecule has 0 radical (unpaired) electrons. The molecular formula is C25H33N5O2. The Morgan fingerprint density at radius 1 is 1.16 bits per heavy atom. The lowest BCUT2D eigenvalue weighted by atomic mass is 9.88. The van der Waals surface area contributed by atoms with Crippen molar-refractivity contribution in [1.29, 1.82) is 0 Å². The topological polar surface area (TPSA) is 61.9 Å². The number of fused-ring (bicyclic) bond motifs is 2. The van der Waals surface area contributed by atoms with Crippen LogP contribution < -0.4 is 20.3 Å². The van der Waals surface area contributed by atoms with Crippen molar-refractivity contribution in [2.75, 3.05) is 62.7 Å². The van der Waals surface area contributed by atoms with Crippen LogP contribution in [-0.2, 0) is 4.74 Å². The van der Waals surface area contributed by atoms with Gasteiger partial charge in [0.25, 0.3) is 0 Å². The molecular weight excluding hydrogens is 402 g/mol. The molecule has 170 valence electrons. The molecule has 0 bridgehead atoms. The summed E-state index contributed by atoms with van der Waals surface area (Å²) in [7, 11) is 0. The lowest BCUT2D eigenvalue weighted by Crippen LogP contribution is -2.51. The largest absolute Gasteiger partial charge is 0.483 e. The first-order chi connectivity index (χ1) is 15.7. The number of likely N-dealkylation sites (tertiary alicyclic amines) is 1. The number of morpholine rings is 1. The van der Waals surface area contributed by atoms with Gasteiger partial charge in [-0.05, 0) is 50.1 Å². The summed E-state index contributed by atoms with van der Waals surface area (Å²) >= 11 is 0. The Hall–Kier alpha value is -2.35. The Balaban J connectivity index is 1.29. The third kappa shape index (κ3) is 3.52. The van der Waals surface area contributed by atoms with Crippen LogP contribution in [0.5, 0.6) is 5.75 Å². The van der Waals surface area contributed by atoms with Crippen molar-refractivity contribution in [2.45, 2.75) is 38.3 Å². The highest BCUT2D eigenvalue weighted by Gasteiger charge is 2.35. The van der Waals surface area contributed by atoms with Gasteiger partial charge in [0.1, 0.15) is 17.7 Å². The second-order valence-electron chi connectivity index (χ2n) is 9.59. The minimum atomic E-state index is -0.0797. The van der Waals surface area contributed by atoms with Gasteiger partial charge in [0.05, 0.1) is 24.5 Å². The van der Waals surface area contributed by atoms with E-state index in [9.17, 15) is 0 Å². The number of aryl methyl sites for hydroxylation is 1. The van der Waals surface area contributed by atoms with E-state index >= 15 is 0 Å². The molecule has 0 spiro atoms. The molecule has 3 saturated heterocycles. The maximum Gasteiger partial charge on any atom is 0.146 e. The van der Waals surface area contributed by atoms with Crippen LogP contribution in [-0.4, -0.2) is 68.4 Å². The second-order valence-corrected chi connectivity index (χ2v) is 9.59. The standard InChI is InChI=1S/C25H33N5O2/c1-16-11-18(19-14-30(15-19)20-3-5-26-13-20)12-21-24(16)32-17(2)23-22(4-6-27-25(23)28-21)29-7-9-31-10-8-29/h4,6,11-12,17,19-20,26H,3,5,7-10,13-15H2,1-2H3,(H,27,28)/t17-,20?/m0/s1. The normalized spacial score (nSPS) is 25.9. The Morgan fingerprint density at radius 2 is 2.00 bits per heavy atom. The molecule has 7 nitrogen and oxygen atoms in total. The molecule has 4 aliphatic heterocycles. The van der Waals surface area contributed by atoms with Gasteiger partial charge in [0.15, 0.2) is 0 Å². The molecule has 2 N–H and O–H groups in total. The van der Waals surface area contributed by atoms with Crippen LogP contribution in [0.3, 0.4) is 0 Å². The Morgan fingerprint density at radius 3 is 2.78 bits per heavy atom. The van der Waals surface area contributed by atoms with Gasteiger partial charge in [-0.1, -0.05) is 6.07 Å². The first-order valence-corrected chi connectivity index (χ1v) is 12.0. The van der Waals surface area contributed by atoms with Crippen LogP contribution in [0.4, 0.5) is 17.2 Å². The van der Waals surface area contributed by atoms with Gasteiger partial charge in [-0.3, -0.25) is 4.90 Å². The molecule has 4 aliphatic rings. The van der Waals surface area contributed by atoms with Gasteiger partial charge < -0.3 is 25.0 Å². The minimum absolute atomic E-state index is 0.0797. The molecule has 32 heavy (non-hydrogen) atoms. The van der Waals surface area contributed by atoms with E-state index in [1.165, 1.54) is 23.2 Å². The number of pyridine rings is 1. The predicted octanol–water partition coefficient (Wildman–Crippen LogP) is 3.18. The summed E-state index contributed by atoms with van der Waals surface area (Å²) < 4.78 is 12.1. The number of anilines is 3. The van der Waals surface area contributed by atoms with E-state index in [4.69, 9.17) is 14.5 Å². The monoisotopic (exact) mass is 435 g/mol. The number of hydrogen-bond donors (Lipinski definition) is 2. The number of nitrogens with zero attached hydrogens (tertiary/aromatic N) is 3. The third-order valence-corrected chi connectivity index (χ3v) is 7.50. The third-order valence-electron chi connectivity index (χ3n) is 7.50. The smallest absolute Gasteiger partial charge is 0.146 e. The van der Waals surface area contributed by atoms with Crippen LogP contribution in [0.25, 0.3) is 0 Å². The molecule has 1 aromatic carbocycles. The number of hydrogen-bond acceptors (Lipinski definition) is 7. The number of benzene rings is 1. The van der Waals surface area contributed by atoms with Crippen molar-refractivity contribution in [2.24, 2.45) is 0 Å². The van der Waals surface area contributed by atoms with Crippen molar-refractivity contribution in [1.82, 2.24) is 15.2 Å². The van der Waals surface area contributed by atoms with E-state index in [0.29, 0.717) is 12.0 Å². The number of rotatable bonds is 3. The van der Waals surface area contributed by atoms with Crippen molar-refractivity contribution in [3.8, 4) is 5.75 Å². The quantitative estimate of drug-likeness (QED) is 0.768. The maximum atomic E-state index is 6.56. The average molecular weight is 436 g/mol. The number of ether oxygens (including phenoxy) is 2. The number of nitrogens with one attached hydrogen (secondary N) is 2. The van der Waals surface area contributed by atoms with Crippen LogP contribution in [0, 0.1) is 6.92 Å². The molecule has 0 aliphatic carbocycles. The zero-order valence-corrected chi connectivity index (χ0v) is 19.1. The molecule has 2 aromatic rings. The molecule has 1 unspecified atom stereocenters. The Bertz CT molecular complexity index is 994. The van der Waals surface area contributed by atoms with Crippen LogP contribution in [0.15, 0.2) is 24.4 Å². The first-order valence-electron chi connectivity index (χ1n) is 12.0. The molecule has 0 amide bonds. The first kappa shape index (κ1) is 20.3. The summed E-state index contributed by atoms with van der Waals surface area (Å²) in [6.45, 7) is 12.2. The highest BCUT2D eigenvalue weighted by Crippen LogP contribution is 2.45. The Labute approximate surface area is 190 Å². The van der Waals surface area contributed by atoms with E-state index in [1.807, 2.05) is 6.20 Å². The summed E-state index contributed by atoms with van der Waals surface area (Å²) in [6.07, 6.45) is 3.10. The predicted molar refractivity (Wildman–Crippen MR) is 126 cm³/mol. The molecule has 3 fully saturated rings. The van der Waals surface area contributed by atoms with E-state index in [0.717, 1.165) is 75.3 Å².